The van der Waals surface area contributed by atoms with Gasteiger partial charge in [0.1, 0.15) is 6.61 Å². The summed E-state index contributed by atoms with van der Waals surface area (Å²) in [6.07, 6.45) is 2.06. The normalized spacial score (nSPS) is 10.5. The third kappa shape index (κ3) is 7.27. The van der Waals surface area contributed by atoms with Gasteiger partial charge in [0.15, 0.2) is 0 Å². The first-order valence-corrected chi connectivity index (χ1v) is 9.95. The lowest BCUT2D eigenvalue weighted by molar-refractivity contribution is -0.145. The van der Waals surface area contributed by atoms with Crippen molar-refractivity contribution >= 4 is 34.9 Å². The van der Waals surface area contributed by atoms with Gasteiger partial charge in [0.25, 0.3) is 0 Å². The van der Waals surface area contributed by atoms with E-state index in [1.54, 1.807) is 0 Å². The molecule has 0 radical (unpaired) electrons. The topological polar surface area (TPSA) is 29.5 Å². The van der Waals surface area contributed by atoms with Crippen LogP contribution in [0.25, 0.3) is 0 Å². The number of benzene rings is 2. The molecule has 26 heavy (non-hydrogen) atoms. The lowest BCUT2D eigenvalue weighted by Gasteiger charge is -2.23. The summed E-state index contributed by atoms with van der Waals surface area (Å²) < 4.78 is 5.30. The molecule has 0 spiro atoms. The SMILES string of the molecule is O=C(CCCc1ccc(N(CCCl)CCCl)cc1)OCc1ccccc1. The Morgan fingerprint density at radius 2 is 1.54 bits per heavy atom. The first kappa shape index (κ1) is 20.6. The van der Waals surface area contributed by atoms with Gasteiger partial charge < -0.3 is 9.64 Å². The van der Waals surface area contributed by atoms with Crippen LogP contribution in [-0.4, -0.2) is 30.8 Å². The van der Waals surface area contributed by atoms with Crippen molar-refractivity contribution in [2.45, 2.75) is 25.9 Å². The highest BCUT2D eigenvalue weighted by Gasteiger charge is 2.07. The molecular formula is C21H25Cl2NO2. The zero-order valence-electron chi connectivity index (χ0n) is 14.9. The van der Waals surface area contributed by atoms with E-state index in [2.05, 4.69) is 29.2 Å². The first-order valence-electron chi connectivity index (χ1n) is 8.88. The Kier molecular flexibility index (Phi) is 9.36. The predicted molar refractivity (Wildman–Crippen MR) is 109 cm³/mol. The van der Waals surface area contributed by atoms with E-state index in [9.17, 15) is 4.79 Å². The molecule has 0 aliphatic rings. The largest absolute Gasteiger partial charge is 0.461 e. The Bertz CT molecular complexity index is 641. The molecule has 0 aliphatic heterocycles. The van der Waals surface area contributed by atoms with E-state index >= 15 is 0 Å². The van der Waals surface area contributed by atoms with Crippen LogP contribution in [0.1, 0.15) is 24.0 Å². The van der Waals surface area contributed by atoms with Crippen molar-refractivity contribution in [1.29, 1.82) is 0 Å². The average molecular weight is 394 g/mol. The summed E-state index contributed by atoms with van der Waals surface area (Å²) in [7, 11) is 0. The summed E-state index contributed by atoms with van der Waals surface area (Å²) in [5.74, 6) is 0.994. The Labute approximate surface area is 165 Å². The number of aryl methyl sites for hydroxylation is 1. The Morgan fingerprint density at radius 3 is 2.15 bits per heavy atom. The average Bonchev–Trinajstić information content (AvgIpc) is 2.68. The Hall–Kier alpha value is -1.71. The summed E-state index contributed by atoms with van der Waals surface area (Å²) in [5, 5.41) is 0. The highest BCUT2D eigenvalue weighted by molar-refractivity contribution is 6.18. The van der Waals surface area contributed by atoms with Crippen molar-refractivity contribution < 1.29 is 9.53 Å². The van der Waals surface area contributed by atoms with E-state index in [-0.39, 0.29) is 5.97 Å². The quantitative estimate of drug-likeness (QED) is 0.395. The number of carbonyl (C=O) groups excluding carboxylic acids is 1. The minimum Gasteiger partial charge on any atom is -0.461 e. The Balaban J connectivity index is 1.72. The number of rotatable bonds is 11. The fraction of sp³-hybridized carbons (Fsp3) is 0.381. The summed E-state index contributed by atoms with van der Waals surface area (Å²) in [6.45, 7) is 1.90. The zero-order chi connectivity index (χ0) is 18.6. The van der Waals surface area contributed by atoms with Crippen LogP contribution in [0.4, 0.5) is 5.69 Å². The number of esters is 1. The molecule has 0 heterocycles. The standard InChI is InChI=1S/C21H25Cl2NO2/c22-13-15-24(16-14-23)20-11-9-18(10-12-20)7-4-8-21(25)26-17-19-5-2-1-3-6-19/h1-3,5-6,9-12H,4,7-8,13-17H2. The number of hydrogen-bond acceptors (Lipinski definition) is 3. The van der Waals surface area contributed by atoms with Gasteiger partial charge in [-0.15, -0.1) is 23.2 Å². The number of nitrogens with zero attached hydrogens (tertiary/aromatic N) is 1. The zero-order valence-corrected chi connectivity index (χ0v) is 16.4. The van der Waals surface area contributed by atoms with Crippen molar-refractivity contribution in [2.75, 3.05) is 29.7 Å². The lowest BCUT2D eigenvalue weighted by atomic mass is 10.1. The number of ether oxygens (including phenoxy) is 1. The van der Waals surface area contributed by atoms with Gasteiger partial charge in [0.05, 0.1) is 0 Å². The number of halogens is 2. The molecule has 2 aromatic carbocycles. The van der Waals surface area contributed by atoms with Crippen LogP contribution < -0.4 is 4.90 Å². The van der Waals surface area contributed by atoms with Crippen molar-refractivity contribution in [3.05, 3.63) is 65.7 Å². The van der Waals surface area contributed by atoms with Crippen molar-refractivity contribution in [2.24, 2.45) is 0 Å². The second-order valence-corrected chi connectivity index (χ2v) is 6.79. The van der Waals surface area contributed by atoms with E-state index in [1.807, 2.05) is 30.3 Å². The minimum absolute atomic E-state index is 0.152. The molecule has 0 N–H and O–H groups in total. The van der Waals surface area contributed by atoms with Gasteiger partial charge in [-0.25, -0.2) is 0 Å². The predicted octanol–water partition coefficient (Wildman–Crippen LogP) is 5.04. The van der Waals surface area contributed by atoms with Gasteiger partial charge in [-0.1, -0.05) is 42.5 Å². The van der Waals surface area contributed by atoms with Gasteiger partial charge in [-0.3, -0.25) is 4.79 Å². The molecule has 2 aromatic rings. The van der Waals surface area contributed by atoms with Gasteiger partial charge in [-0.2, -0.15) is 0 Å². The van der Waals surface area contributed by atoms with Crippen LogP contribution in [-0.2, 0) is 22.6 Å². The molecule has 0 aromatic heterocycles. The smallest absolute Gasteiger partial charge is 0.306 e. The van der Waals surface area contributed by atoms with Crippen molar-refractivity contribution in [3.8, 4) is 0 Å². The molecule has 0 aliphatic carbocycles. The van der Waals surface area contributed by atoms with Crippen LogP contribution in [0.2, 0.25) is 0 Å². The molecule has 0 bridgehead atoms. The molecule has 3 nitrogen and oxygen atoms in total. The van der Waals surface area contributed by atoms with Crippen LogP contribution in [0.3, 0.4) is 0 Å². The van der Waals surface area contributed by atoms with Crippen molar-refractivity contribution in [3.63, 3.8) is 0 Å². The fourth-order valence-electron chi connectivity index (χ4n) is 2.69. The van der Waals surface area contributed by atoms with Gasteiger partial charge in [-0.05, 0) is 36.1 Å². The molecule has 0 saturated heterocycles. The highest BCUT2D eigenvalue weighted by Crippen LogP contribution is 2.17. The van der Waals surface area contributed by atoms with E-state index in [4.69, 9.17) is 27.9 Å². The monoisotopic (exact) mass is 393 g/mol. The van der Waals surface area contributed by atoms with Crippen molar-refractivity contribution in [1.82, 2.24) is 0 Å². The van der Waals surface area contributed by atoms with Crippen LogP contribution in [0.5, 0.6) is 0 Å². The summed E-state index contributed by atoms with van der Waals surface area (Å²) in [4.78, 5) is 14.0. The molecule has 2 rings (SSSR count). The molecule has 140 valence electrons. The van der Waals surface area contributed by atoms with Gasteiger partial charge in [0, 0.05) is 37.0 Å². The minimum atomic E-state index is -0.152. The fourth-order valence-corrected chi connectivity index (χ4v) is 3.10. The number of hydrogen-bond donors (Lipinski definition) is 0. The maximum absolute atomic E-state index is 11.8. The lowest BCUT2D eigenvalue weighted by Crippen LogP contribution is -2.27. The molecule has 0 fully saturated rings. The number of anilines is 1. The maximum Gasteiger partial charge on any atom is 0.306 e. The van der Waals surface area contributed by atoms with Gasteiger partial charge >= 0.3 is 5.97 Å². The van der Waals surface area contributed by atoms with Crippen LogP contribution in [0.15, 0.2) is 54.6 Å². The van der Waals surface area contributed by atoms with E-state index in [0.717, 1.165) is 37.2 Å². The molecule has 5 heteroatoms. The van der Waals surface area contributed by atoms with Crippen LogP contribution in [0, 0.1) is 0 Å². The number of carbonyl (C=O) groups is 1. The maximum atomic E-state index is 11.8. The summed E-state index contributed by atoms with van der Waals surface area (Å²) >= 11 is 11.7. The molecule has 0 unspecified atom stereocenters. The van der Waals surface area contributed by atoms with E-state index in [0.29, 0.717) is 24.8 Å². The second-order valence-electron chi connectivity index (χ2n) is 6.03. The third-order valence-corrected chi connectivity index (χ3v) is 4.44. The highest BCUT2D eigenvalue weighted by atomic mass is 35.5. The summed E-state index contributed by atoms with van der Waals surface area (Å²) in [5.41, 5.74) is 3.34. The van der Waals surface area contributed by atoms with Gasteiger partial charge in [0.2, 0.25) is 0 Å². The van der Waals surface area contributed by atoms with E-state index in [1.165, 1.54) is 5.56 Å². The number of alkyl halides is 2. The second kappa shape index (κ2) is 11.8. The van der Waals surface area contributed by atoms with E-state index < -0.39 is 0 Å². The molecular weight excluding hydrogens is 369 g/mol. The first-order chi connectivity index (χ1) is 12.7. The molecule has 0 saturated carbocycles. The molecule has 0 atom stereocenters. The third-order valence-electron chi connectivity index (χ3n) is 4.10. The molecule has 0 amide bonds. The summed E-state index contributed by atoms with van der Waals surface area (Å²) in [6, 6.07) is 18.1. The Morgan fingerprint density at radius 1 is 0.885 bits per heavy atom. The van der Waals surface area contributed by atoms with Crippen LogP contribution >= 0.6 is 23.2 Å².